The Balaban J connectivity index is 1.79. The van der Waals surface area contributed by atoms with Crippen molar-refractivity contribution >= 4 is 39.8 Å². The molecule has 3 rings (SSSR count). The van der Waals surface area contributed by atoms with Crippen LogP contribution in [0.4, 0.5) is 5.69 Å². The standard InChI is InChI=1S/C18H19N3O3S/c1-18(2,3)17-20-13(10-25-17)16(24)19-12-4-5-14-11(8-12)6-7-21(14)9-15(22)23/h4-8,10H,9H2,1-3H3,(H,19,24)(H,22,23). The zero-order valence-electron chi connectivity index (χ0n) is 14.2. The summed E-state index contributed by atoms with van der Waals surface area (Å²) < 4.78 is 1.65. The van der Waals surface area contributed by atoms with E-state index in [0.717, 1.165) is 15.9 Å². The molecule has 0 aliphatic carbocycles. The zero-order valence-corrected chi connectivity index (χ0v) is 15.1. The second-order valence-electron chi connectivity index (χ2n) is 6.85. The Labute approximate surface area is 149 Å². The molecule has 0 radical (unpaired) electrons. The van der Waals surface area contributed by atoms with E-state index < -0.39 is 5.97 Å². The number of carboxylic acids is 1. The molecule has 2 N–H and O–H groups in total. The monoisotopic (exact) mass is 357 g/mol. The lowest BCUT2D eigenvalue weighted by molar-refractivity contribution is -0.137. The number of hydrogen-bond acceptors (Lipinski definition) is 4. The molecule has 0 unspecified atom stereocenters. The smallest absolute Gasteiger partial charge is 0.323 e. The van der Waals surface area contributed by atoms with Gasteiger partial charge in [-0.3, -0.25) is 9.59 Å². The second kappa shape index (κ2) is 6.33. The molecule has 0 bridgehead atoms. The Morgan fingerprint density at radius 3 is 2.68 bits per heavy atom. The molecule has 0 saturated heterocycles. The highest BCUT2D eigenvalue weighted by atomic mass is 32.1. The predicted molar refractivity (Wildman–Crippen MR) is 98.3 cm³/mol. The van der Waals surface area contributed by atoms with Gasteiger partial charge in [-0.25, -0.2) is 4.98 Å². The quantitative estimate of drug-likeness (QED) is 0.745. The van der Waals surface area contributed by atoms with Crippen molar-refractivity contribution in [3.05, 3.63) is 46.5 Å². The van der Waals surface area contributed by atoms with Crippen molar-refractivity contribution in [3.63, 3.8) is 0 Å². The summed E-state index contributed by atoms with van der Waals surface area (Å²) in [4.78, 5) is 27.7. The molecule has 25 heavy (non-hydrogen) atoms. The van der Waals surface area contributed by atoms with Crippen LogP contribution in [0.25, 0.3) is 10.9 Å². The van der Waals surface area contributed by atoms with Gasteiger partial charge in [0.2, 0.25) is 0 Å². The fraction of sp³-hybridized carbons (Fsp3) is 0.278. The topological polar surface area (TPSA) is 84.2 Å². The van der Waals surface area contributed by atoms with E-state index in [1.807, 2.05) is 12.1 Å². The Morgan fingerprint density at radius 2 is 2.04 bits per heavy atom. The van der Waals surface area contributed by atoms with Gasteiger partial charge in [-0.15, -0.1) is 11.3 Å². The van der Waals surface area contributed by atoms with E-state index in [9.17, 15) is 9.59 Å². The maximum absolute atomic E-state index is 12.4. The van der Waals surface area contributed by atoms with Crippen LogP contribution in [-0.4, -0.2) is 26.5 Å². The van der Waals surface area contributed by atoms with E-state index in [4.69, 9.17) is 5.11 Å². The van der Waals surface area contributed by atoms with Crippen LogP contribution in [-0.2, 0) is 16.8 Å². The van der Waals surface area contributed by atoms with Crippen molar-refractivity contribution in [2.75, 3.05) is 5.32 Å². The Kier molecular flexibility index (Phi) is 4.34. The van der Waals surface area contributed by atoms with Crippen LogP contribution in [0.15, 0.2) is 35.8 Å². The summed E-state index contributed by atoms with van der Waals surface area (Å²) in [7, 11) is 0. The van der Waals surface area contributed by atoms with Crippen LogP contribution in [0.5, 0.6) is 0 Å². The molecule has 0 aliphatic rings. The zero-order chi connectivity index (χ0) is 18.2. The summed E-state index contributed by atoms with van der Waals surface area (Å²) >= 11 is 1.48. The fourth-order valence-corrected chi connectivity index (χ4v) is 3.37. The number of benzene rings is 1. The van der Waals surface area contributed by atoms with E-state index in [-0.39, 0.29) is 17.9 Å². The molecule has 0 saturated carbocycles. The van der Waals surface area contributed by atoms with E-state index in [2.05, 4.69) is 31.1 Å². The maximum Gasteiger partial charge on any atom is 0.323 e. The SMILES string of the molecule is CC(C)(C)c1nc(C(=O)Nc2ccc3c(ccn3CC(=O)O)c2)cs1. The molecule has 0 atom stereocenters. The molecule has 3 aromatic rings. The molecule has 0 spiro atoms. The number of amides is 1. The first-order chi connectivity index (χ1) is 11.7. The number of nitrogens with zero attached hydrogens (tertiary/aromatic N) is 2. The van der Waals surface area contributed by atoms with Gasteiger partial charge in [0.05, 0.1) is 5.01 Å². The molecular formula is C18H19N3O3S. The van der Waals surface area contributed by atoms with Crippen molar-refractivity contribution in [1.29, 1.82) is 0 Å². The summed E-state index contributed by atoms with van der Waals surface area (Å²) in [5, 5.41) is 15.3. The van der Waals surface area contributed by atoms with Crippen LogP contribution in [0.1, 0.15) is 36.3 Å². The van der Waals surface area contributed by atoms with Gasteiger partial charge in [-0.2, -0.15) is 0 Å². The minimum absolute atomic E-state index is 0.0881. The number of aromatic nitrogens is 2. The lowest BCUT2D eigenvalue weighted by Crippen LogP contribution is -2.15. The first-order valence-corrected chi connectivity index (χ1v) is 8.70. The lowest BCUT2D eigenvalue weighted by Gasteiger charge is -2.13. The number of carboxylic acid groups (broad SMARTS) is 1. The van der Waals surface area contributed by atoms with Gasteiger partial charge in [0.1, 0.15) is 12.2 Å². The summed E-state index contributed by atoms with van der Waals surface area (Å²) in [5.41, 5.74) is 1.77. The summed E-state index contributed by atoms with van der Waals surface area (Å²) in [6.45, 7) is 6.08. The Morgan fingerprint density at radius 1 is 1.28 bits per heavy atom. The number of hydrogen-bond donors (Lipinski definition) is 2. The minimum Gasteiger partial charge on any atom is -0.480 e. The van der Waals surface area contributed by atoms with Crippen LogP contribution < -0.4 is 5.32 Å². The molecule has 7 heteroatoms. The van der Waals surface area contributed by atoms with E-state index >= 15 is 0 Å². The maximum atomic E-state index is 12.4. The molecule has 130 valence electrons. The lowest BCUT2D eigenvalue weighted by atomic mass is 9.98. The highest BCUT2D eigenvalue weighted by Crippen LogP contribution is 2.26. The molecule has 0 aliphatic heterocycles. The Hall–Kier alpha value is -2.67. The van der Waals surface area contributed by atoms with Crippen LogP contribution in [0.3, 0.4) is 0 Å². The number of rotatable bonds is 4. The molecule has 0 fully saturated rings. The van der Waals surface area contributed by atoms with Crippen molar-refractivity contribution in [2.24, 2.45) is 0 Å². The summed E-state index contributed by atoms with van der Waals surface area (Å²) in [5.74, 6) is -1.15. The van der Waals surface area contributed by atoms with Gasteiger partial charge in [0.15, 0.2) is 0 Å². The average molecular weight is 357 g/mol. The third-order valence-electron chi connectivity index (χ3n) is 3.71. The van der Waals surface area contributed by atoms with Crippen LogP contribution in [0.2, 0.25) is 0 Å². The molecule has 1 amide bonds. The summed E-state index contributed by atoms with van der Waals surface area (Å²) in [6.07, 6.45) is 1.72. The van der Waals surface area contributed by atoms with Gasteiger partial charge in [0, 0.05) is 33.6 Å². The molecule has 2 aromatic heterocycles. The average Bonchev–Trinajstić information content (AvgIpc) is 3.14. The number of nitrogens with one attached hydrogen (secondary N) is 1. The van der Waals surface area contributed by atoms with E-state index in [0.29, 0.717) is 11.4 Å². The molecule has 1 aromatic carbocycles. The minimum atomic E-state index is -0.895. The Bertz CT molecular complexity index is 950. The number of carbonyl (C=O) groups is 2. The largest absolute Gasteiger partial charge is 0.480 e. The molecule has 6 nitrogen and oxygen atoms in total. The summed E-state index contributed by atoms with van der Waals surface area (Å²) in [6, 6.07) is 7.21. The van der Waals surface area contributed by atoms with Crippen molar-refractivity contribution in [2.45, 2.75) is 32.7 Å². The molecular weight excluding hydrogens is 338 g/mol. The number of anilines is 1. The third-order valence-corrected chi connectivity index (χ3v) is 4.98. The van der Waals surface area contributed by atoms with E-state index in [1.165, 1.54) is 11.3 Å². The van der Waals surface area contributed by atoms with Gasteiger partial charge < -0.3 is 15.0 Å². The highest BCUT2D eigenvalue weighted by molar-refractivity contribution is 7.10. The fourth-order valence-electron chi connectivity index (χ4n) is 2.48. The van der Waals surface area contributed by atoms with Gasteiger partial charge in [0.25, 0.3) is 5.91 Å². The van der Waals surface area contributed by atoms with Gasteiger partial charge >= 0.3 is 5.97 Å². The second-order valence-corrected chi connectivity index (χ2v) is 7.71. The number of thiazole rings is 1. The van der Waals surface area contributed by atoms with Gasteiger partial charge in [-0.05, 0) is 24.3 Å². The highest BCUT2D eigenvalue weighted by Gasteiger charge is 2.20. The third kappa shape index (κ3) is 3.71. The number of carbonyl (C=O) groups excluding carboxylic acids is 1. The van der Waals surface area contributed by atoms with Crippen molar-refractivity contribution in [3.8, 4) is 0 Å². The van der Waals surface area contributed by atoms with Crippen molar-refractivity contribution in [1.82, 2.24) is 9.55 Å². The van der Waals surface area contributed by atoms with Crippen LogP contribution in [0, 0.1) is 0 Å². The van der Waals surface area contributed by atoms with Crippen molar-refractivity contribution < 1.29 is 14.7 Å². The molecule has 2 heterocycles. The first-order valence-electron chi connectivity index (χ1n) is 7.82. The van der Waals surface area contributed by atoms with Gasteiger partial charge in [-0.1, -0.05) is 20.8 Å². The first kappa shape index (κ1) is 17.2. The predicted octanol–water partition coefficient (Wildman–Crippen LogP) is 3.73. The normalized spacial score (nSPS) is 11.6. The van der Waals surface area contributed by atoms with Crippen LogP contribution >= 0.6 is 11.3 Å². The number of fused-ring (bicyclic) bond motifs is 1. The van der Waals surface area contributed by atoms with E-state index in [1.54, 1.807) is 28.3 Å². The number of aliphatic carboxylic acids is 1.